The maximum atomic E-state index is 12.4. The van der Waals surface area contributed by atoms with Crippen LogP contribution in [-0.4, -0.2) is 60.6 Å². The fourth-order valence-corrected chi connectivity index (χ4v) is 1.89. The van der Waals surface area contributed by atoms with Gasteiger partial charge in [0.25, 0.3) is 0 Å². The lowest BCUT2D eigenvalue weighted by molar-refractivity contribution is -0.154. The van der Waals surface area contributed by atoms with Crippen molar-refractivity contribution in [2.24, 2.45) is 0 Å². The standard InChI is InChI=1S/C18H32N2O8/c1-9-25-13(21)11(19-15(23)27-17(3,4)5)12(14(22)26-10-2)20-16(24)28-18(6,7)8/h11-12H,9-10H2,1-8H3,(H,19,23)(H,20,24)/t11-,12+. The van der Waals surface area contributed by atoms with E-state index in [4.69, 9.17) is 18.9 Å². The van der Waals surface area contributed by atoms with E-state index in [0.29, 0.717) is 0 Å². The first-order valence-corrected chi connectivity index (χ1v) is 9.02. The lowest BCUT2D eigenvalue weighted by Crippen LogP contribution is -2.60. The summed E-state index contributed by atoms with van der Waals surface area (Å²) >= 11 is 0. The molecule has 2 N–H and O–H groups in total. The highest BCUT2D eigenvalue weighted by molar-refractivity contribution is 5.92. The number of hydrogen-bond donors (Lipinski definition) is 2. The molecule has 28 heavy (non-hydrogen) atoms. The Bertz CT molecular complexity index is 513. The molecule has 2 amide bonds. The fourth-order valence-electron chi connectivity index (χ4n) is 1.89. The highest BCUT2D eigenvalue weighted by atomic mass is 16.6. The number of hydrogen-bond acceptors (Lipinski definition) is 8. The zero-order valence-corrected chi connectivity index (χ0v) is 17.8. The van der Waals surface area contributed by atoms with Crippen LogP contribution in [0, 0.1) is 0 Å². The predicted molar refractivity (Wildman–Crippen MR) is 99.6 cm³/mol. The highest BCUT2D eigenvalue weighted by Crippen LogP contribution is 2.11. The average molecular weight is 404 g/mol. The summed E-state index contributed by atoms with van der Waals surface area (Å²) in [6.07, 6.45) is -1.93. The number of esters is 2. The molecule has 10 heteroatoms. The van der Waals surface area contributed by atoms with Gasteiger partial charge in [0.1, 0.15) is 11.2 Å². The molecular weight excluding hydrogens is 372 g/mol. The van der Waals surface area contributed by atoms with Crippen molar-refractivity contribution >= 4 is 24.1 Å². The molecule has 0 radical (unpaired) electrons. The summed E-state index contributed by atoms with van der Waals surface area (Å²) in [5, 5.41) is 4.52. The van der Waals surface area contributed by atoms with Crippen molar-refractivity contribution in [3.05, 3.63) is 0 Å². The zero-order valence-electron chi connectivity index (χ0n) is 17.8. The minimum absolute atomic E-state index is 0.00663. The number of carbonyl (C=O) groups excluding carboxylic acids is 4. The summed E-state index contributed by atoms with van der Waals surface area (Å²) in [5.74, 6) is -1.88. The van der Waals surface area contributed by atoms with Gasteiger partial charge >= 0.3 is 24.1 Å². The Kier molecular flexibility index (Phi) is 9.76. The summed E-state index contributed by atoms with van der Waals surface area (Å²) < 4.78 is 20.1. The summed E-state index contributed by atoms with van der Waals surface area (Å²) in [6, 6.07) is -3.16. The van der Waals surface area contributed by atoms with Gasteiger partial charge < -0.3 is 29.6 Å². The number of rotatable bonds is 7. The number of ether oxygens (including phenoxy) is 4. The van der Waals surface area contributed by atoms with Crippen LogP contribution in [0.2, 0.25) is 0 Å². The van der Waals surface area contributed by atoms with Gasteiger partial charge in [-0.15, -0.1) is 0 Å². The molecule has 0 aromatic rings. The molecule has 0 saturated carbocycles. The van der Waals surface area contributed by atoms with E-state index >= 15 is 0 Å². The lowest BCUT2D eigenvalue weighted by atomic mass is 10.1. The van der Waals surface area contributed by atoms with Gasteiger partial charge in [-0.25, -0.2) is 19.2 Å². The molecule has 0 heterocycles. The average Bonchev–Trinajstić information content (AvgIpc) is 2.47. The maximum Gasteiger partial charge on any atom is 0.408 e. The van der Waals surface area contributed by atoms with Gasteiger partial charge in [0, 0.05) is 0 Å². The lowest BCUT2D eigenvalue weighted by Gasteiger charge is -2.28. The van der Waals surface area contributed by atoms with Crippen LogP contribution >= 0.6 is 0 Å². The van der Waals surface area contributed by atoms with Gasteiger partial charge in [-0.05, 0) is 55.4 Å². The zero-order chi connectivity index (χ0) is 22.1. The van der Waals surface area contributed by atoms with E-state index < -0.39 is 47.4 Å². The first kappa shape index (κ1) is 25.5. The van der Waals surface area contributed by atoms with Gasteiger partial charge in [-0.1, -0.05) is 0 Å². The van der Waals surface area contributed by atoms with Crippen LogP contribution in [0.1, 0.15) is 55.4 Å². The van der Waals surface area contributed by atoms with E-state index in [9.17, 15) is 19.2 Å². The highest BCUT2D eigenvalue weighted by Gasteiger charge is 2.40. The third-order valence-electron chi connectivity index (χ3n) is 2.76. The van der Waals surface area contributed by atoms with Crippen molar-refractivity contribution in [3.8, 4) is 0 Å². The second-order valence-electron chi connectivity index (χ2n) is 7.75. The van der Waals surface area contributed by atoms with E-state index in [2.05, 4.69) is 10.6 Å². The largest absolute Gasteiger partial charge is 0.464 e. The minimum Gasteiger partial charge on any atom is -0.464 e. The molecule has 162 valence electrons. The summed E-state index contributed by atoms with van der Waals surface area (Å²) in [4.78, 5) is 49.0. The summed E-state index contributed by atoms with van der Waals surface area (Å²) in [6.45, 7) is 12.9. The van der Waals surface area contributed by atoms with Crippen LogP contribution in [0.25, 0.3) is 0 Å². The third-order valence-corrected chi connectivity index (χ3v) is 2.76. The van der Waals surface area contributed by atoms with Gasteiger partial charge in [0.05, 0.1) is 13.2 Å². The van der Waals surface area contributed by atoms with E-state index in [-0.39, 0.29) is 13.2 Å². The molecule has 0 aromatic carbocycles. The summed E-state index contributed by atoms with van der Waals surface area (Å²) in [7, 11) is 0. The quantitative estimate of drug-likeness (QED) is 0.486. The van der Waals surface area contributed by atoms with Gasteiger partial charge in [-0.3, -0.25) is 0 Å². The normalized spacial score (nSPS) is 13.6. The van der Waals surface area contributed by atoms with Crippen LogP contribution in [0.15, 0.2) is 0 Å². The van der Waals surface area contributed by atoms with Crippen LogP contribution < -0.4 is 10.6 Å². The molecule has 0 aliphatic rings. The number of carbonyl (C=O) groups is 4. The van der Waals surface area contributed by atoms with Gasteiger partial charge in [0.2, 0.25) is 0 Å². The minimum atomic E-state index is -1.58. The Labute approximate surface area is 165 Å². The molecule has 0 unspecified atom stereocenters. The Balaban J connectivity index is 5.67. The van der Waals surface area contributed by atoms with E-state index in [0.717, 1.165) is 0 Å². The van der Waals surface area contributed by atoms with Crippen molar-refractivity contribution < 1.29 is 38.1 Å². The topological polar surface area (TPSA) is 129 Å². The van der Waals surface area contributed by atoms with Gasteiger partial charge in [0.15, 0.2) is 12.1 Å². The van der Waals surface area contributed by atoms with E-state index in [1.165, 1.54) is 0 Å². The Morgan fingerprint density at radius 2 is 0.964 bits per heavy atom. The fraction of sp³-hybridized carbons (Fsp3) is 0.778. The molecule has 0 spiro atoms. The molecule has 0 aliphatic carbocycles. The van der Waals surface area contributed by atoms with E-state index in [1.807, 2.05) is 0 Å². The Morgan fingerprint density at radius 3 is 1.18 bits per heavy atom. The van der Waals surface area contributed by atoms with Crippen molar-refractivity contribution in [3.63, 3.8) is 0 Å². The number of nitrogens with one attached hydrogen (secondary N) is 2. The first-order chi connectivity index (χ1) is 12.7. The predicted octanol–water partition coefficient (Wildman–Crippen LogP) is 1.90. The molecule has 0 aliphatic heterocycles. The molecule has 0 bridgehead atoms. The smallest absolute Gasteiger partial charge is 0.408 e. The molecule has 0 saturated heterocycles. The monoisotopic (exact) mass is 404 g/mol. The van der Waals surface area contributed by atoms with Crippen molar-refractivity contribution in [2.75, 3.05) is 13.2 Å². The molecular formula is C18H32N2O8. The second-order valence-corrected chi connectivity index (χ2v) is 7.75. The molecule has 0 aromatic heterocycles. The Hall–Kier alpha value is -2.52. The number of alkyl carbamates (subject to hydrolysis) is 2. The molecule has 0 fully saturated rings. The molecule has 2 atom stereocenters. The van der Waals surface area contributed by atoms with Crippen molar-refractivity contribution in [1.82, 2.24) is 10.6 Å². The Morgan fingerprint density at radius 1 is 0.679 bits per heavy atom. The molecule has 10 nitrogen and oxygen atoms in total. The first-order valence-electron chi connectivity index (χ1n) is 9.02. The van der Waals surface area contributed by atoms with Crippen LogP contribution in [-0.2, 0) is 28.5 Å². The molecule has 0 rings (SSSR count). The summed E-state index contributed by atoms with van der Waals surface area (Å²) in [5.41, 5.74) is -1.69. The third kappa shape index (κ3) is 10.6. The maximum absolute atomic E-state index is 12.4. The van der Waals surface area contributed by atoms with Crippen molar-refractivity contribution in [2.45, 2.75) is 78.7 Å². The van der Waals surface area contributed by atoms with E-state index in [1.54, 1.807) is 55.4 Å². The second kappa shape index (κ2) is 10.7. The van der Waals surface area contributed by atoms with Gasteiger partial charge in [-0.2, -0.15) is 0 Å². The number of amides is 2. The SMILES string of the molecule is CCOC(=O)[C@@H](NC(=O)OC(C)(C)C)[C@@H](NC(=O)OC(C)(C)C)C(=O)OCC. The van der Waals surface area contributed by atoms with Crippen LogP contribution in [0.5, 0.6) is 0 Å². The van der Waals surface area contributed by atoms with Crippen molar-refractivity contribution in [1.29, 1.82) is 0 Å². The van der Waals surface area contributed by atoms with Crippen LogP contribution in [0.3, 0.4) is 0 Å². The van der Waals surface area contributed by atoms with Crippen LogP contribution in [0.4, 0.5) is 9.59 Å².